The van der Waals surface area contributed by atoms with Crippen molar-refractivity contribution in [3.63, 3.8) is 0 Å². The molecule has 0 aliphatic heterocycles. The molecule has 0 aromatic rings. The summed E-state index contributed by atoms with van der Waals surface area (Å²) >= 11 is 0. The summed E-state index contributed by atoms with van der Waals surface area (Å²) in [4.78, 5) is 12.3. The van der Waals surface area contributed by atoms with Crippen LogP contribution < -0.4 is 0 Å². The Kier molecular flexibility index (Phi) is 3.99. The van der Waals surface area contributed by atoms with Crippen molar-refractivity contribution in [2.75, 3.05) is 13.7 Å². The lowest BCUT2D eigenvalue weighted by molar-refractivity contribution is -0.131. The van der Waals surface area contributed by atoms with Gasteiger partial charge in [-0.05, 0) is 73.0 Å². The van der Waals surface area contributed by atoms with E-state index < -0.39 is 0 Å². The Bertz CT molecular complexity index is 673. The van der Waals surface area contributed by atoms with Gasteiger partial charge in [0.05, 0.1) is 7.11 Å². The summed E-state index contributed by atoms with van der Waals surface area (Å²) in [6.45, 7) is 4.40. The van der Waals surface area contributed by atoms with Crippen molar-refractivity contribution >= 4 is 5.78 Å². The molecule has 3 heteroatoms. The Hall–Kier alpha value is -1.35. The molecule has 3 nitrogen and oxygen atoms in total. The zero-order valence-corrected chi connectivity index (χ0v) is 15.6. The summed E-state index contributed by atoms with van der Waals surface area (Å²) in [6, 6.07) is 0. The first-order chi connectivity index (χ1) is 11.9. The van der Waals surface area contributed by atoms with E-state index in [0.717, 1.165) is 31.4 Å². The summed E-state index contributed by atoms with van der Waals surface area (Å²) < 4.78 is 5.43. The largest absolute Gasteiger partial charge is 0.497 e. The molecule has 0 aromatic heterocycles. The summed E-state index contributed by atoms with van der Waals surface area (Å²) in [5.74, 6) is 2.95. The molecule has 2 fully saturated rings. The van der Waals surface area contributed by atoms with Crippen molar-refractivity contribution in [1.29, 1.82) is 0 Å². The first-order valence-electron chi connectivity index (χ1n) is 9.73. The van der Waals surface area contributed by atoms with E-state index >= 15 is 0 Å². The van der Waals surface area contributed by atoms with Gasteiger partial charge in [0.25, 0.3) is 0 Å². The van der Waals surface area contributed by atoms with Gasteiger partial charge < -0.3 is 9.84 Å². The van der Waals surface area contributed by atoms with Gasteiger partial charge in [-0.1, -0.05) is 26.0 Å². The Labute approximate surface area is 150 Å². The standard InChI is InChI=1S/C22H30O3/c1-21-10-8-15(25-3)12-14(21)4-5-16-17-6-7-19(20(24)13-23)22(17,2)11-9-18(16)21/h4,8,10,12,16-19,23H,5-7,9,11,13H2,1-3H3/t16-,17-,18-,19+,21-,22-/m0/s1. The highest BCUT2D eigenvalue weighted by Gasteiger charge is 2.58. The fourth-order valence-corrected chi connectivity index (χ4v) is 6.71. The summed E-state index contributed by atoms with van der Waals surface area (Å²) in [5, 5.41) is 9.39. The van der Waals surface area contributed by atoms with Crippen LogP contribution in [-0.4, -0.2) is 24.6 Å². The highest BCUT2D eigenvalue weighted by atomic mass is 16.5. The third-order valence-electron chi connectivity index (χ3n) is 8.11. The Balaban J connectivity index is 1.67. The highest BCUT2D eigenvalue weighted by Crippen LogP contribution is 2.65. The fraction of sp³-hybridized carbons (Fsp3) is 0.682. The van der Waals surface area contributed by atoms with Crippen LogP contribution in [0.3, 0.4) is 0 Å². The maximum absolute atomic E-state index is 12.3. The molecule has 25 heavy (non-hydrogen) atoms. The van der Waals surface area contributed by atoms with Crippen LogP contribution in [0.15, 0.2) is 35.6 Å². The van der Waals surface area contributed by atoms with Gasteiger partial charge >= 0.3 is 0 Å². The van der Waals surface area contributed by atoms with Gasteiger partial charge in [0.15, 0.2) is 5.78 Å². The van der Waals surface area contributed by atoms with E-state index in [1.807, 2.05) is 0 Å². The van der Waals surface area contributed by atoms with E-state index in [-0.39, 0.29) is 29.1 Å². The molecule has 1 N–H and O–H groups in total. The van der Waals surface area contributed by atoms with Crippen molar-refractivity contribution in [3.05, 3.63) is 35.6 Å². The maximum atomic E-state index is 12.3. The molecular weight excluding hydrogens is 312 g/mol. The van der Waals surface area contributed by atoms with Crippen molar-refractivity contribution in [2.24, 2.45) is 34.5 Å². The summed E-state index contributed by atoms with van der Waals surface area (Å²) in [7, 11) is 1.73. The first-order valence-corrected chi connectivity index (χ1v) is 9.73. The van der Waals surface area contributed by atoms with Gasteiger partial charge in [-0.15, -0.1) is 0 Å². The number of ketones is 1. The molecule has 0 heterocycles. The first kappa shape index (κ1) is 17.1. The second kappa shape index (κ2) is 5.84. The van der Waals surface area contributed by atoms with E-state index in [0.29, 0.717) is 17.8 Å². The summed E-state index contributed by atoms with van der Waals surface area (Å²) in [6.07, 6.45) is 14.6. The SMILES string of the molecule is COC1=CC2=CC[C@H]3[C@@H]4CC[C@H](C(=O)CO)[C@@]4(C)CC[C@@H]3[C@@]2(C)C=C1. The third kappa shape index (κ3) is 2.31. The van der Waals surface area contributed by atoms with Gasteiger partial charge in [-0.2, -0.15) is 0 Å². The van der Waals surface area contributed by atoms with E-state index in [2.05, 4.69) is 38.2 Å². The average Bonchev–Trinajstić information content (AvgIpc) is 2.97. The van der Waals surface area contributed by atoms with E-state index in [1.165, 1.54) is 12.0 Å². The zero-order chi connectivity index (χ0) is 17.8. The molecule has 2 saturated carbocycles. The molecule has 0 aromatic carbocycles. The number of ether oxygens (including phenoxy) is 1. The minimum atomic E-state index is -0.295. The van der Waals surface area contributed by atoms with Gasteiger partial charge in [0.2, 0.25) is 0 Å². The van der Waals surface area contributed by atoms with Crippen LogP contribution in [0.1, 0.15) is 46.0 Å². The predicted octanol–water partition coefficient (Wildman–Crippen LogP) is 4.04. The number of rotatable bonds is 3. The number of Topliss-reactive ketones (excluding diaryl/α,β-unsaturated/α-hetero) is 1. The van der Waals surface area contributed by atoms with Crippen LogP contribution in [0.2, 0.25) is 0 Å². The Morgan fingerprint density at radius 1 is 1.28 bits per heavy atom. The van der Waals surface area contributed by atoms with Crippen LogP contribution in [-0.2, 0) is 9.53 Å². The monoisotopic (exact) mass is 342 g/mol. The molecule has 136 valence electrons. The lowest BCUT2D eigenvalue weighted by atomic mass is 9.49. The fourth-order valence-electron chi connectivity index (χ4n) is 6.71. The highest BCUT2D eigenvalue weighted by molar-refractivity contribution is 5.83. The Morgan fingerprint density at radius 3 is 2.80 bits per heavy atom. The van der Waals surface area contributed by atoms with Crippen LogP contribution in [0.4, 0.5) is 0 Å². The van der Waals surface area contributed by atoms with Crippen molar-refractivity contribution < 1.29 is 14.6 Å². The second-order valence-corrected chi connectivity index (χ2v) is 8.94. The number of fused-ring (bicyclic) bond motifs is 5. The third-order valence-corrected chi connectivity index (χ3v) is 8.11. The minimum absolute atomic E-state index is 0.0588. The Morgan fingerprint density at radius 2 is 2.08 bits per heavy atom. The number of carbonyl (C=O) groups is 1. The lowest BCUT2D eigenvalue weighted by Gasteiger charge is -2.55. The molecule has 0 radical (unpaired) electrons. The van der Waals surface area contributed by atoms with E-state index in [9.17, 15) is 9.90 Å². The van der Waals surface area contributed by atoms with Crippen LogP contribution >= 0.6 is 0 Å². The molecule has 0 spiro atoms. The van der Waals surface area contributed by atoms with Crippen molar-refractivity contribution in [1.82, 2.24) is 0 Å². The van der Waals surface area contributed by atoms with Gasteiger partial charge in [-0.25, -0.2) is 0 Å². The molecule has 6 atom stereocenters. The van der Waals surface area contributed by atoms with Crippen LogP contribution in [0.25, 0.3) is 0 Å². The topological polar surface area (TPSA) is 46.5 Å². The average molecular weight is 342 g/mol. The van der Waals surface area contributed by atoms with Crippen LogP contribution in [0.5, 0.6) is 0 Å². The normalized spacial score (nSPS) is 45.0. The smallest absolute Gasteiger partial charge is 0.161 e. The predicted molar refractivity (Wildman–Crippen MR) is 97.7 cm³/mol. The molecular formula is C22H30O3. The van der Waals surface area contributed by atoms with E-state index in [1.54, 1.807) is 7.11 Å². The number of allylic oxidation sites excluding steroid dienone is 5. The molecule has 4 aliphatic carbocycles. The second-order valence-electron chi connectivity index (χ2n) is 8.94. The number of hydrogen-bond acceptors (Lipinski definition) is 3. The van der Waals surface area contributed by atoms with Crippen molar-refractivity contribution in [3.8, 4) is 0 Å². The summed E-state index contributed by atoms with van der Waals surface area (Å²) in [5.41, 5.74) is 1.57. The number of methoxy groups -OCH3 is 1. The van der Waals surface area contributed by atoms with E-state index in [4.69, 9.17) is 4.74 Å². The quantitative estimate of drug-likeness (QED) is 0.842. The minimum Gasteiger partial charge on any atom is -0.497 e. The zero-order valence-electron chi connectivity index (χ0n) is 15.6. The molecule has 0 amide bonds. The molecule has 0 unspecified atom stereocenters. The molecule has 4 rings (SSSR count). The molecule has 4 aliphatic rings. The van der Waals surface area contributed by atoms with Gasteiger partial charge in [0.1, 0.15) is 12.4 Å². The number of carbonyl (C=O) groups excluding carboxylic acids is 1. The number of hydrogen-bond donors (Lipinski definition) is 1. The lowest BCUT2D eigenvalue weighted by Crippen LogP contribution is -2.49. The van der Waals surface area contributed by atoms with Crippen molar-refractivity contribution in [2.45, 2.75) is 46.0 Å². The van der Waals surface area contributed by atoms with Gasteiger partial charge in [-0.3, -0.25) is 4.79 Å². The van der Waals surface area contributed by atoms with Crippen LogP contribution in [0, 0.1) is 34.5 Å². The molecule has 0 saturated heterocycles. The molecule has 0 bridgehead atoms. The number of aliphatic hydroxyl groups is 1. The maximum Gasteiger partial charge on any atom is 0.161 e. The van der Waals surface area contributed by atoms with Gasteiger partial charge in [0, 0.05) is 11.3 Å². The number of aliphatic hydroxyl groups excluding tert-OH is 1.